The maximum Gasteiger partial charge on any atom is 0.412 e. The van der Waals surface area contributed by atoms with Gasteiger partial charge in [-0.05, 0) is 32.9 Å². The second-order valence-corrected chi connectivity index (χ2v) is 6.63. The Bertz CT molecular complexity index is 726. The number of hydrogen-bond donors (Lipinski definition) is 1. The van der Waals surface area contributed by atoms with Gasteiger partial charge in [-0.3, -0.25) is 5.32 Å². The van der Waals surface area contributed by atoms with Gasteiger partial charge in [0.2, 0.25) is 0 Å². The highest BCUT2D eigenvalue weighted by molar-refractivity contribution is 7.19. The highest BCUT2D eigenvalue weighted by Crippen LogP contribution is 2.35. The van der Waals surface area contributed by atoms with Crippen molar-refractivity contribution in [1.29, 1.82) is 0 Å². The monoisotopic (exact) mass is 342 g/mol. The van der Waals surface area contributed by atoms with Crippen molar-refractivity contribution in [2.75, 3.05) is 12.4 Å². The number of nitrogens with zero attached hydrogens (tertiary/aromatic N) is 1. The van der Waals surface area contributed by atoms with Gasteiger partial charge in [-0.25, -0.2) is 18.6 Å². The van der Waals surface area contributed by atoms with Crippen LogP contribution in [0.15, 0.2) is 18.3 Å². The van der Waals surface area contributed by atoms with E-state index in [0.717, 1.165) is 17.4 Å². The predicted molar refractivity (Wildman–Crippen MR) is 83.9 cm³/mol. The van der Waals surface area contributed by atoms with Gasteiger partial charge in [0, 0.05) is 0 Å². The molecule has 0 saturated heterocycles. The molecule has 23 heavy (non-hydrogen) atoms. The fourth-order valence-electron chi connectivity index (χ4n) is 1.74. The third kappa shape index (κ3) is 4.16. The average Bonchev–Trinajstić information content (AvgIpc) is 2.85. The van der Waals surface area contributed by atoms with E-state index in [2.05, 4.69) is 10.3 Å². The lowest BCUT2D eigenvalue weighted by Crippen LogP contribution is -2.26. The number of carbonyl (C=O) groups is 1. The van der Waals surface area contributed by atoms with Crippen molar-refractivity contribution in [2.24, 2.45) is 0 Å². The fourth-order valence-corrected chi connectivity index (χ4v) is 2.58. The van der Waals surface area contributed by atoms with Gasteiger partial charge in [-0.1, -0.05) is 11.3 Å². The summed E-state index contributed by atoms with van der Waals surface area (Å²) in [6.07, 6.45) is 0.640. The Labute approximate surface area is 136 Å². The summed E-state index contributed by atoms with van der Waals surface area (Å²) in [6.45, 7) is 5.18. The first kappa shape index (κ1) is 17.1. The second kappa shape index (κ2) is 6.49. The fraction of sp³-hybridized carbons (Fsp3) is 0.333. The van der Waals surface area contributed by atoms with Crippen LogP contribution >= 0.6 is 11.3 Å². The van der Waals surface area contributed by atoms with E-state index in [9.17, 15) is 13.6 Å². The molecule has 0 aliphatic heterocycles. The zero-order chi connectivity index (χ0) is 17.2. The van der Waals surface area contributed by atoms with Crippen LogP contribution in [0.25, 0.3) is 10.6 Å². The highest BCUT2D eigenvalue weighted by Gasteiger charge is 2.21. The molecule has 124 valence electrons. The van der Waals surface area contributed by atoms with Crippen LogP contribution < -0.4 is 10.1 Å². The topological polar surface area (TPSA) is 60.5 Å². The van der Waals surface area contributed by atoms with E-state index in [1.807, 2.05) is 0 Å². The van der Waals surface area contributed by atoms with E-state index >= 15 is 0 Å². The number of methoxy groups -OCH3 is 1. The third-order valence-electron chi connectivity index (χ3n) is 2.62. The van der Waals surface area contributed by atoms with Crippen LogP contribution in [0.4, 0.5) is 18.6 Å². The summed E-state index contributed by atoms with van der Waals surface area (Å²) >= 11 is 0.929. The van der Waals surface area contributed by atoms with Gasteiger partial charge in [0.15, 0.2) is 11.6 Å². The molecule has 0 radical (unpaired) electrons. The lowest BCUT2D eigenvalue weighted by Gasteiger charge is -2.19. The van der Waals surface area contributed by atoms with Crippen molar-refractivity contribution < 1.29 is 23.0 Å². The first-order valence-electron chi connectivity index (χ1n) is 6.69. The van der Waals surface area contributed by atoms with Gasteiger partial charge in [0.25, 0.3) is 0 Å². The summed E-state index contributed by atoms with van der Waals surface area (Å²) in [6, 6.07) is 2.29. The van der Waals surface area contributed by atoms with Crippen LogP contribution in [0.5, 0.6) is 5.75 Å². The van der Waals surface area contributed by atoms with Crippen LogP contribution in [0.3, 0.4) is 0 Å². The molecule has 0 fully saturated rings. The van der Waals surface area contributed by atoms with Crippen LogP contribution in [-0.2, 0) is 4.74 Å². The summed E-state index contributed by atoms with van der Waals surface area (Å²) in [5.74, 6) is -1.69. The Morgan fingerprint density at radius 2 is 2.00 bits per heavy atom. The summed E-state index contributed by atoms with van der Waals surface area (Å²) in [5, 5.41) is 2.88. The van der Waals surface area contributed by atoms with Gasteiger partial charge < -0.3 is 9.47 Å². The van der Waals surface area contributed by atoms with Crippen LogP contribution in [0.2, 0.25) is 0 Å². The minimum atomic E-state index is -0.842. The SMILES string of the molecule is COc1ccc(F)c(-c2ncc(NC(=O)OC(C)(C)C)s2)c1F. The van der Waals surface area contributed by atoms with E-state index in [1.54, 1.807) is 20.8 Å². The van der Waals surface area contributed by atoms with Gasteiger partial charge in [-0.15, -0.1) is 0 Å². The number of ether oxygens (including phenoxy) is 2. The lowest BCUT2D eigenvalue weighted by molar-refractivity contribution is 0.0636. The normalized spacial score (nSPS) is 11.2. The summed E-state index contributed by atoms with van der Waals surface area (Å²) in [7, 11) is 1.29. The molecule has 0 saturated carbocycles. The molecule has 0 spiro atoms. The van der Waals surface area contributed by atoms with E-state index in [0.29, 0.717) is 5.00 Å². The van der Waals surface area contributed by atoms with Gasteiger partial charge in [-0.2, -0.15) is 0 Å². The molecule has 1 aromatic carbocycles. The number of nitrogens with one attached hydrogen (secondary N) is 1. The zero-order valence-electron chi connectivity index (χ0n) is 13.1. The number of rotatable bonds is 3. The molecule has 1 heterocycles. The van der Waals surface area contributed by atoms with Crippen molar-refractivity contribution in [1.82, 2.24) is 4.98 Å². The molecule has 5 nitrogen and oxygen atoms in total. The second-order valence-electron chi connectivity index (χ2n) is 5.60. The number of thiazole rings is 1. The molecule has 1 amide bonds. The molecule has 0 unspecified atom stereocenters. The highest BCUT2D eigenvalue weighted by atomic mass is 32.1. The first-order chi connectivity index (χ1) is 10.7. The molecule has 2 aromatic rings. The van der Waals surface area contributed by atoms with E-state index in [1.165, 1.54) is 19.4 Å². The van der Waals surface area contributed by atoms with Crippen molar-refractivity contribution in [3.8, 4) is 16.3 Å². The maximum absolute atomic E-state index is 14.2. The molecule has 1 aromatic heterocycles. The molecule has 0 aliphatic carbocycles. The Hall–Kier alpha value is -2.22. The number of aromatic nitrogens is 1. The van der Waals surface area contributed by atoms with E-state index < -0.39 is 23.3 Å². The number of carbonyl (C=O) groups excluding carboxylic acids is 1. The Morgan fingerprint density at radius 3 is 2.61 bits per heavy atom. The Kier molecular flexibility index (Phi) is 4.84. The number of hydrogen-bond acceptors (Lipinski definition) is 5. The predicted octanol–water partition coefficient (Wildman–Crippen LogP) is 4.44. The number of benzene rings is 1. The van der Waals surface area contributed by atoms with Crippen LogP contribution in [0.1, 0.15) is 20.8 Å². The Balaban J connectivity index is 2.25. The molecule has 0 bridgehead atoms. The van der Waals surface area contributed by atoms with Crippen molar-refractivity contribution in [3.05, 3.63) is 30.0 Å². The largest absolute Gasteiger partial charge is 0.494 e. The van der Waals surface area contributed by atoms with Crippen LogP contribution in [0, 0.1) is 11.6 Å². The van der Waals surface area contributed by atoms with Crippen molar-refractivity contribution in [3.63, 3.8) is 0 Å². The molecule has 0 atom stereocenters. The molecule has 0 aliphatic rings. The summed E-state index contributed by atoms with van der Waals surface area (Å²) in [5.41, 5.74) is -0.950. The number of anilines is 1. The zero-order valence-corrected chi connectivity index (χ0v) is 13.9. The molecule has 2 rings (SSSR count). The number of amides is 1. The minimum Gasteiger partial charge on any atom is -0.494 e. The molecular formula is C15H16F2N2O3S. The minimum absolute atomic E-state index is 0.0850. The smallest absolute Gasteiger partial charge is 0.412 e. The van der Waals surface area contributed by atoms with Gasteiger partial charge in [0.05, 0.1) is 18.9 Å². The van der Waals surface area contributed by atoms with Gasteiger partial charge in [0.1, 0.15) is 21.4 Å². The quantitative estimate of drug-likeness (QED) is 0.895. The summed E-state index contributed by atoms with van der Waals surface area (Å²) < 4.78 is 38.0. The number of halogens is 2. The first-order valence-corrected chi connectivity index (χ1v) is 7.51. The maximum atomic E-state index is 14.2. The van der Waals surface area contributed by atoms with E-state index in [4.69, 9.17) is 9.47 Å². The Morgan fingerprint density at radius 1 is 1.30 bits per heavy atom. The molecular weight excluding hydrogens is 326 g/mol. The lowest BCUT2D eigenvalue weighted by atomic mass is 10.2. The standard InChI is InChI=1S/C15H16F2N2O3S/c1-15(2,3)22-14(20)19-10-7-18-13(23-10)11-8(16)5-6-9(21-4)12(11)17/h5-7H,1-4H3,(H,19,20). The van der Waals surface area contributed by atoms with Crippen molar-refractivity contribution in [2.45, 2.75) is 26.4 Å². The molecule has 1 N–H and O–H groups in total. The third-order valence-corrected chi connectivity index (χ3v) is 3.55. The van der Waals surface area contributed by atoms with E-state index in [-0.39, 0.29) is 16.3 Å². The van der Waals surface area contributed by atoms with Gasteiger partial charge >= 0.3 is 6.09 Å². The summed E-state index contributed by atoms with van der Waals surface area (Å²) in [4.78, 5) is 15.6. The molecule has 8 heteroatoms. The van der Waals surface area contributed by atoms with Crippen molar-refractivity contribution >= 4 is 22.4 Å². The van der Waals surface area contributed by atoms with Crippen LogP contribution in [-0.4, -0.2) is 23.8 Å². The average molecular weight is 342 g/mol.